The minimum Gasteiger partial charge on any atom is -0.489 e. The van der Waals surface area contributed by atoms with Gasteiger partial charge in [0.1, 0.15) is 11.9 Å². The minimum absolute atomic E-state index is 0.111. The van der Waals surface area contributed by atoms with Gasteiger partial charge < -0.3 is 10.1 Å². The maximum absolute atomic E-state index is 12.1. The second kappa shape index (κ2) is 5.84. The zero-order chi connectivity index (χ0) is 13.0. The van der Waals surface area contributed by atoms with Crippen LogP contribution in [0.1, 0.15) is 12.8 Å². The molecule has 0 aromatic heterocycles. The van der Waals surface area contributed by atoms with Crippen molar-refractivity contribution in [1.29, 1.82) is 0 Å². The molecular weight excluding hydrogens is 263 g/mol. The molecule has 1 aliphatic heterocycles. The van der Waals surface area contributed by atoms with E-state index in [1.54, 1.807) is 12.1 Å². The van der Waals surface area contributed by atoms with Gasteiger partial charge in [0.05, 0.1) is 0 Å². The summed E-state index contributed by atoms with van der Waals surface area (Å²) >= 11 is -0.112. The Hall–Kier alpha value is -0.880. The first-order chi connectivity index (χ1) is 8.53. The lowest BCUT2D eigenvalue weighted by Crippen LogP contribution is -2.37. The van der Waals surface area contributed by atoms with Crippen LogP contribution in [-0.2, 0) is 0 Å². The molecule has 1 unspecified atom stereocenters. The van der Waals surface area contributed by atoms with Crippen molar-refractivity contribution in [3.63, 3.8) is 0 Å². The lowest BCUT2D eigenvalue weighted by molar-refractivity contribution is -0.0328. The van der Waals surface area contributed by atoms with Gasteiger partial charge in [0.25, 0.3) is 0 Å². The smallest absolute Gasteiger partial charge is 0.446 e. The van der Waals surface area contributed by atoms with Crippen LogP contribution in [0.5, 0.6) is 5.75 Å². The summed E-state index contributed by atoms with van der Waals surface area (Å²) in [5.41, 5.74) is -4.24. The topological polar surface area (TPSA) is 21.3 Å². The van der Waals surface area contributed by atoms with E-state index in [0.29, 0.717) is 5.75 Å². The van der Waals surface area contributed by atoms with Crippen molar-refractivity contribution in [3.05, 3.63) is 24.3 Å². The summed E-state index contributed by atoms with van der Waals surface area (Å²) in [6.45, 7) is 1.79. The Balaban J connectivity index is 1.90. The van der Waals surface area contributed by atoms with Crippen LogP contribution in [0.15, 0.2) is 29.2 Å². The van der Waals surface area contributed by atoms with Crippen LogP contribution >= 0.6 is 11.8 Å². The van der Waals surface area contributed by atoms with Gasteiger partial charge in [-0.1, -0.05) is 0 Å². The van der Waals surface area contributed by atoms with Crippen molar-refractivity contribution < 1.29 is 17.9 Å². The van der Waals surface area contributed by atoms with Crippen LogP contribution in [0.25, 0.3) is 0 Å². The van der Waals surface area contributed by atoms with E-state index in [9.17, 15) is 13.2 Å². The molecule has 0 radical (unpaired) electrons. The lowest BCUT2D eigenvalue weighted by Gasteiger charge is -2.24. The second-order valence-corrected chi connectivity index (χ2v) is 5.24. The number of halogens is 3. The predicted octanol–water partition coefficient (Wildman–Crippen LogP) is 3.43. The molecule has 18 heavy (non-hydrogen) atoms. The average Bonchev–Trinajstić information content (AvgIpc) is 2.31. The minimum atomic E-state index is -4.24. The number of piperidine rings is 1. The van der Waals surface area contributed by atoms with E-state index in [0.717, 1.165) is 25.9 Å². The summed E-state index contributed by atoms with van der Waals surface area (Å²) in [5, 5.41) is 3.22. The molecule has 1 heterocycles. The molecule has 1 aromatic carbocycles. The van der Waals surface area contributed by atoms with E-state index < -0.39 is 5.51 Å². The number of hydrogen-bond donors (Lipinski definition) is 1. The summed E-state index contributed by atoms with van der Waals surface area (Å²) in [5.74, 6) is 0.621. The van der Waals surface area contributed by atoms with Crippen molar-refractivity contribution >= 4 is 11.8 Å². The number of alkyl halides is 3. The molecule has 1 fully saturated rings. The van der Waals surface area contributed by atoms with Crippen LogP contribution in [0.2, 0.25) is 0 Å². The number of rotatable bonds is 3. The van der Waals surface area contributed by atoms with E-state index in [4.69, 9.17) is 4.74 Å². The van der Waals surface area contributed by atoms with E-state index >= 15 is 0 Å². The average molecular weight is 277 g/mol. The Kier molecular flexibility index (Phi) is 4.40. The Morgan fingerprint density at radius 1 is 1.22 bits per heavy atom. The summed E-state index contributed by atoms with van der Waals surface area (Å²) in [6, 6.07) is 6.04. The molecule has 2 nitrogen and oxygen atoms in total. The van der Waals surface area contributed by atoms with Gasteiger partial charge in [0.15, 0.2) is 0 Å². The number of thioether (sulfide) groups is 1. The molecular formula is C12H14F3NOS. The monoisotopic (exact) mass is 277 g/mol. The number of hydrogen-bond acceptors (Lipinski definition) is 3. The predicted molar refractivity (Wildman–Crippen MR) is 64.9 cm³/mol. The third kappa shape index (κ3) is 4.42. The molecule has 1 saturated heterocycles. The van der Waals surface area contributed by atoms with Crippen LogP contribution in [0.4, 0.5) is 13.2 Å². The Morgan fingerprint density at radius 2 is 1.94 bits per heavy atom. The summed E-state index contributed by atoms with van der Waals surface area (Å²) in [4.78, 5) is 0.177. The zero-order valence-electron chi connectivity index (χ0n) is 9.67. The zero-order valence-corrected chi connectivity index (χ0v) is 10.5. The maximum Gasteiger partial charge on any atom is 0.446 e. The van der Waals surface area contributed by atoms with Gasteiger partial charge in [-0.2, -0.15) is 13.2 Å². The second-order valence-electron chi connectivity index (χ2n) is 4.11. The number of nitrogens with one attached hydrogen (secondary N) is 1. The molecule has 0 aliphatic carbocycles. The molecule has 1 aliphatic rings. The highest BCUT2D eigenvalue weighted by Crippen LogP contribution is 2.37. The van der Waals surface area contributed by atoms with Crippen molar-refractivity contribution in [3.8, 4) is 5.75 Å². The molecule has 100 valence electrons. The summed E-state index contributed by atoms with van der Waals surface area (Å²) < 4.78 is 42.1. The van der Waals surface area contributed by atoms with Gasteiger partial charge in [-0.05, 0) is 55.4 Å². The Bertz CT molecular complexity index is 374. The lowest BCUT2D eigenvalue weighted by atomic mass is 10.1. The van der Waals surface area contributed by atoms with E-state index in [-0.39, 0.29) is 22.8 Å². The SMILES string of the molecule is FC(F)(F)Sc1ccc(OC2CCCNC2)cc1. The summed E-state index contributed by atoms with van der Waals surface area (Å²) in [6.07, 6.45) is 2.15. The van der Waals surface area contributed by atoms with E-state index in [1.165, 1.54) is 12.1 Å². The van der Waals surface area contributed by atoms with Gasteiger partial charge >= 0.3 is 5.51 Å². The highest BCUT2D eigenvalue weighted by atomic mass is 32.2. The molecule has 1 aromatic rings. The van der Waals surface area contributed by atoms with Gasteiger partial charge in [0.2, 0.25) is 0 Å². The van der Waals surface area contributed by atoms with E-state index in [2.05, 4.69) is 5.32 Å². The standard InChI is InChI=1S/C12H14F3NOS/c13-12(14,15)18-11-5-3-9(4-6-11)17-10-2-1-7-16-8-10/h3-6,10,16H,1-2,7-8H2. The fourth-order valence-electron chi connectivity index (χ4n) is 1.83. The number of ether oxygens (including phenoxy) is 1. The first kappa shape index (κ1) is 13.5. The van der Waals surface area contributed by atoms with Crippen molar-refractivity contribution in [1.82, 2.24) is 5.32 Å². The van der Waals surface area contributed by atoms with Crippen LogP contribution < -0.4 is 10.1 Å². The van der Waals surface area contributed by atoms with Gasteiger partial charge in [-0.15, -0.1) is 0 Å². The maximum atomic E-state index is 12.1. The molecule has 0 amide bonds. The molecule has 6 heteroatoms. The first-order valence-electron chi connectivity index (χ1n) is 5.76. The Morgan fingerprint density at radius 3 is 2.50 bits per heavy atom. The van der Waals surface area contributed by atoms with Crippen LogP contribution in [0.3, 0.4) is 0 Å². The molecule has 1 N–H and O–H groups in total. The summed E-state index contributed by atoms with van der Waals surface area (Å²) in [7, 11) is 0. The molecule has 2 rings (SSSR count). The van der Waals surface area contributed by atoms with Gasteiger partial charge in [0, 0.05) is 11.4 Å². The normalized spacial score (nSPS) is 20.7. The van der Waals surface area contributed by atoms with Gasteiger partial charge in [-0.3, -0.25) is 0 Å². The fourth-order valence-corrected chi connectivity index (χ4v) is 2.37. The highest BCUT2D eigenvalue weighted by Gasteiger charge is 2.29. The third-order valence-corrected chi connectivity index (χ3v) is 3.35. The number of benzene rings is 1. The Labute approximate surface area is 108 Å². The van der Waals surface area contributed by atoms with Crippen molar-refractivity contribution in [2.75, 3.05) is 13.1 Å². The quantitative estimate of drug-likeness (QED) is 0.855. The fraction of sp³-hybridized carbons (Fsp3) is 0.500. The van der Waals surface area contributed by atoms with Crippen molar-refractivity contribution in [2.45, 2.75) is 29.3 Å². The molecule has 0 bridgehead atoms. The van der Waals surface area contributed by atoms with Crippen LogP contribution in [0, 0.1) is 0 Å². The van der Waals surface area contributed by atoms with Crippen molar-refractivity contribution in [2.24, 2.45) is 0 Å². The molecule has 0 spiro atoms. The van der Waals surface area contributed by atoms with Crippen LogP contribution in [-0.4, -0.2) is 24.7 Å². The molecule has 1 atom stereocenters. The van der Waals surface area contributed by atoms with E-state index in [1.807, 2.05) is 0 Å². The third-order valence-electron chi connectivity index (χ3n) is 2.61. The first-order valence-corrected chi connectivity index (χ1v) is 6.58. The molecule has 0 saturated carbocycles. The largest absolute Gasteiger partial charge is 0.489 e. The highest BCUT2D eigenvalue weighted by molar-refractivity contribution is 8.00. The van der Waals surface area contributed by atoms with Gasteiger partial charge in [-0.25, -0.2) is 0 Å².